The number of hydrogen-bond acceptors (Lipinski definition) is 5. The van der Waals surface area contributed by atoms with Crippen LogP contribution in [-0.2, 0) is 14.3 Å². The molecule has 0 spiro atoms. The summed E-state index contributed by atoms with van der Waals surface area (Å²) in [6.45, 7) is 3.86. The van der Waals surface area contributed by atoms with E-state index < -0.39 is 12.0 Å². The summed E-state index contributed by atoms with van der Waals surface area (Å²) in [7, 11) is 0. The summed E-state index contributed by atoms with van der Waals surface area (Å²) in [5, 5.41) is 5.50. The van der Waals surface area contributed by atoms with Crippen molar-refractivity contribution in [3.8, 4) is 0 Å². The molecule has 1 aromatic rings. The number of halogens is 2. The fraction of sp³-hybridized carbons (Fsp3) is 0.400. The van der Waals surface area contributed by atoms with Gasteiger partial charge in [0.25, 0.3) is 0 Å². The maximum Gasteiger partial charge on any atom is 0.413 e. The average molecular weight is 376 g/mol. The van der Waals surface area contributed by atoms with Crippen molar-refractivity contribution in [1.29, 1.82) is 0 Å². The summed E-state index contributed by atoms with van der Waals surface area (Å²) >= 11 is 11.8. The summed E-state index contributed by atoms with van der Waals surface area (Å²) in [5.41, 5.74) is 0.390. The molecule has 0 aliphatic rings. The van der Waals surface area contributed by atoms with Crippen LogP contribution in [0.5, 0.6) is 0 Å². The largest absolute Gasteiger partial charge is 0.450 e. The van der Waals surface area contributed by atoms with Gasteiger partial charge in [-0.15, -0.1) is 0 Å². The van der Waals surface area contributed by atoms with Crippen molar-refractivity contribution in [2.24, 2.45) is 0 Å². The van der Waals surface area contributed by atoms with Crippen LogP contribution in [-0.4, -0.2) is 49.0 Å². The van der Waals surface area contributed by atoms with Gasteiger partial charge in [-0.2, -0.15) is 0 Å². The molecule has 0 heterocycles. The molecule has 0 bridgehead atoms. The van der Waals surface area contributed by atoms with Crippen LogP contribution < -0.4 is 10.6 Å². The van der Waals surface area contributed by atoms with Crippen molar-refractivity contribution >= 4 is 46.8 Å². The Balaban J connectivity index is 2.55. The molecule has 0 aromatic heterocycles. The Kier molecular flexibility index (Phi) is 8.53. The third kappa shape index (κ3) is 7.16. The summed E-state index contributed by atoms with van der Waals surface area (Å²) in [6.07, 6.45) is -0.811. The van der Waals surface area contributed by atoms with E-state index in [4.69, 9.17) is 23.2 Å². The van der Waals surface area contributed by atoms with E-state index in [0.717, 1.165) is 0 Å². The standard InChI is InChI=1S/C15H19Cl2N3O4/c1-3-20(9-14(22)19-15(23)24-4-2)8-13(21)18-12-7-10(16)5-6-11(12)17/h5-7H,3-4,8-9H2,1-2H3,(H,18,21)(H,19,22,23). The molecular weight excluding hydrogens is 357 g/mol. The van der Waals surface area contributed by atoms with Gasteiger partial charge in [-0.05, 0) is 31.7 Å². The van der Waals surface area contributed by atoms with Crippen molar-refractivity contribution in [1.82, 2.24) is 10.2 Å². The van der Waals surface area contributed by atoms with Crippen molar-refractivity contribution in [2.75, 3.05) is 31.6 Å². The Bertz CT molecular complexity index is 610. The zero-order chi connectivity index (χ0) is 18.1. The number of likely N-dealkylation sites (N-methyl/N-ethyl adjacent to an activating group) is 1. The lowest BCUT2D eigenvalue weighted by Crippen LogP contribution is -2.43. The second-order valence-corrected chi connectivity index (χ2v) is 5.59. The molecule has 1 aromatic carbocycles. The molecule has 0 aliphatic carbocycles. The molecule has 0 unspecified atom stereocenters. The summed E-state index contributed by atoms with van der Waals surface area (Å²) < 4.78 is 4.62. The molecular formula is C15H19Cl2N3O4. The van der Waals surface area contributed by atoms with Gasteiger partial charge >= 0.3 is 6.09 Å². The molecule has 3 amide bonds. The highest BCUT2D eigenvalue weighted by atomic mass is 35.5. The molecule has 0 aliphatic heterocycles. The Morgan fingerprint density at radius 2 is 1.79 bits per heavy atom. The number of nitrogens with zero attached hydrogens (tertiary/aromatic N) is 1. The quantitative estimate of drug-likeness (QED) is 0.764. The first kappa shape index (κ1) is 20.2. The Hall–Kier alpha value is -1.83. The minimum Gasteiger partial charge on any atom is -0.450 e. The van der Waals surface area contributed by atoms with Crippen LogP contribution >= 0.6 is 23.2 Å². The summed E-state index contributed by atoms with van der Waals surface area (Å²) in [6, 6.07) is 4.72. The van der Waals surface area contributed by atoms with E-state index >= 15 is 0 Å². The number of nitrogens with one attached hydrogen (secondary N) is 2. The van der Waals surface area contributed by atoms with Crippen LogP contribution in [0, 0.1) is 0 Å². The van der Waals surface area contributed by atoms with Gasteiger partial charge in [-0.25, -0.2) is 4.79 Å². The van der Waals surface area contributed by atoms with Crippen LogP contribution in [0.15, 0.2) is 18.2 Å². The van der Waals surface area contributed by atoms with Crippen LogP contribution in [0.2, 0.25) is 10.0 Å². The maximum atomic E-state index is 12.1. The summed E-state index contributed by atoms with van der Waals surface area (Å²) in [4.78, 5) is 36.5. The zero-order valence-corrected chi connectivity index (χ0v) is 14.9. The SMILES string of the molecule is CCOC(=O)NC(=O)CN(CC)CC(=O)Nc1cc(Cl)ccc1Cl. The predicted octanol–water partition coefficient (Wildman–Crippen LogP) is 2.53. The summed E-state index contributed by atoms with van der Waals surface area (Å²) in [5.74, 6) is -0.908. The van der Waals surface area contributed by atoms with E-state index in [-0.39, 0.29) is 25.6 Å². The van der Waals surface area contributed by atoms with Gasteiger partial charge in [-0.3, -0.25) is 19.8 Å². The van der Waals surface area contributed by atoms with Gasteiger partial charge in [0.1, 0.15) is 0 Å². The number of alkyl carbamates (subject to hydrolysis) is 1. The minimum absolute atomic E-state index is 0.0460. The molecule has 0 atom stereocenters. The molecule has 0 fully saturated rings. The fourth-order valence-electron chi connectivity index (χ4n) is 1.79. The lowest BCUT2D eigenvalue weighted by Gasteiger charge is -2.19. The normalized spacial score (nSPS) is 10.4. The molecule has 0 saturated heterocycles. The molecule has 2 N–H and O–H groups in total. The predicted molar refractivity (Wildman–Crippen MR) is 92.4 cm³/mol. The van der Waals surface area contributed by atoms with Gasteiger partial charge in [0.05, 0.1) is 30.4 Å². The van der Waals surface area contributed by atoms with Crippen molar-refractivity contribution in [3.63, 3.8) is 0 Å². The molecule has 0 saturated carbocycles. The number of hydrogen-bond donors (Lipinski definition) is 2. The molecule has 9 heteroatoms. The highest BCUT2D eigenvalue weighted by molar-refractivity contribution is 6.35. The minimum atomic E-state index is -0.811. The number of imide groups is 1. The lowest BCUT2D eigenvalue weighted by atomic mass is 10.3. The first-order valence-corrected chi connectivity index (χ1v) is 8.05. The van der Waals surface area contributed by atoms with Crippen LogP contribution in [0.4, 0.5) is 10.5 Å². The van der Waals surface area contributed by atoms with E-state index in [0.29, 0.717) is 22.3 Å². The molecule has 7 nitrogen and oxygen atoms in total. The van der Waals surface area contributed by atoms with E-state index in [1.807, 2.05) is 0 Å². The number of carbonyl (C=O) groups is 3. The van der Waals surface area contributed by atoms with Gasteiger partial charge in [0.2, 0.25) is 11.8 Å². The molecule has 0 radical (unpaired) electrons. The number of carbonyl (C=O) groups excluding carboxylic acids is 3. The third-order valence-electron chi connectivity index (χ3n) is 2.90. The molecule has 1 rings (SSSR count). The number of rotatable bonds is 7. The highest BCUT2D eigenvalue weighted by Gasteiger charge is 2.16. The van der Waals surface area contributed by atoms with Crippen molar-refractivity contribution in [3.05, 3.63) is 28.2 Å². The van der Waals surface area contributed by atoms with Crippen molar-refractivity contribution < 1.29 is 19.1 Å². The second kappa shape index (κ2) is 10.1. The van der Waals surface area contributed by atoms with Gasteiger partial charge < -0.3 is 10.1 Å². The number of ether oxygens (including phenoxy) is 1. The highest BCUT2D eigenvalue weighted by Crippen LogP contribution is 2.25. The van der Waals surface area contributed by atoms with Gasteiger partial charge in [-0.1, -0.05) is 30.1 Å². The third-order valence-corrected chi connectivity index (χ3v) is 3.47. The Morgan fingerprint density at radius 1 is 1.12 bits per heavy atom. The number of anilines is 1. The second-order valence-electron chi connectivity index (χ2n) is 4.74. The maximum absolute atomic E-state index is 12.1. The van der Waals surface area contributed by atoms with E-state index in [9.17, 15) is 14.4 Å². The Morgan fingerprint density at radius 3 is 2.42 bits per heavy atom. The zero-order valence-electron chi connectivity index (χ0n) is 13.4. The van der Waals surface area contributed by atoms with Crippen LogP contribution in [0.3, 0.4) is 0 Å². The molecule has 132 valence electrons. The first-order valence-electron chi connectivity index (χ1n) is 7.29. The molecule has 24 heavy (non-hydrogen) atoms. The fourth-order valence-corrected chi connectivity index (χ4v) is 2.13. The smallest absolute Gasteiger partial charge is 0.413 e. The van der Waals surface area contributed by atoms with Crippen LogP contribution in [0.1, 0.15) is 13.8 Å². The van der Waals surface area contributed by atoms with E-state index in [1.54, 1.807) is 30.9 Å². The Labute approximate surface area is 150 Å². The van der Waals surface area contributed by atoms with E-state index in [1.165, 1.54) is 6.07 Å². The van der Waals surface area contributed by atoms with Crippen LogP contribution in [0.25, 0.3) is 0 Å². The monoisotopic (exact) mass is 375 g/mol. The number of benzene rings is 1. The number of amides is 3. The first-order chi connectivity index (χ1) is 11.3. The lowest BCUT2D eigenvalue weighted by molar-refractivity contribution is -0.122. The topological polar surface area (TPSA) is 87.7 Å². The van der Waals surface area contributed by atoms with E-state index in [2.05, 4.69) is 15.4 Å². The van der Waals surface area contributed by atoms with Crippen molar-refractivity contribution in [2.45, 2.75) is 13.8 Å². The average Bonchev–Trinajstić information content (AvgIpc) is 2.50. The van der Waals surface area contributed by atoms with Gasteiger partial charge in [0, 0.05) is 5.02 Å². The van der Waals surface area contributed by atoms with Gasteiger partial charge in [0.15, 0.2) is 0 Å².